The van der Waals surface area contributed by atoms with Crippen LogP contribution in [0.2, 0.25) is 0 Å². The van der Waals surface area contributed by atoms with Gasteiger partial charge in [-0.05, 0) is 12.1 Å². The van der Waals surface area contributed by atoms with E-state index in [1.54, 1.807) is 30.3 Å². The molecule has 0 heterocycles. The number of nitrogens with one attached hydrogen (secondary N) is 1. The van der Waals surface area contributed by atoms with Crippen LogP contribution < -0.4 is 11.1 Å². The summed E-state index contributed by atoms with van der Waals surface area (Å²) >= 11 is 1.17. The van der Waals surface area contributed by atoms with Gasteiger partial charge in [0, 0.05) is 16.5 Å². The Hall–Kier alpha value is -3.40. The lowest BCUT2D eigenvalue weighted by Crippen LogP contribution is -2.22. The Bertz CT molecular complexity index is 902. The molecule has 2 amide bonds. The topological polar surface area (TPSA) is 142 Å². The fourth-order valence-corrected chi connectivity index (χ4v) is 2.97. The van der Waals surface area contributed by atoms with Gasteiger partial charge in [0.2, 0.25) is 5.91 Å². The van der Waals surface area contributed by atoms with Crippen LogP contribution in [0.25, 0.3) is 0 Å². The first-order valence-electron chi connectivity index (χ1n) is 8.04. The second kappa shape index (κ2) is 10.1. The largest absolute Gasteiger partial charge is 0.455 e. The molecule has 0 saturated heterocycles. The van der Waals surface area contributed by atoms with Gasteiger partial charge in [-0.15, -0.1) is 11.8 Å². The van der Waals surface area contributed by atoms with Gasteiger partial charge >= 0.3 is 5.97 Å². The van der Waals surface area contributed by atoms with Crippen molar-refractivity contribution in [3.05, 3.63) is 64.2 Å². The Morgan fingerprint density at radius 2 is 1.79 bits per heavy atom. The second-order valence-electron chi connectivity index (χ2n) is 5.52. The number of hydrogen-bond acceptors (Lipinski definition) is 7. The lowest BCUT2D eigenvalue weighted by atomic mass is 10.1. The highest BCUT2D eigenvalue weighted by atomic mass is 32.2. The van der Waals surface area contributed by atoms with E-state index in [1.807, 2.05) is 0 Å². The molecule has 10 heteroatoms. The summed E-state index contributed by atoms with van der Waals surface area (Å²) in [5.74, 6) is -1.78. The number of primary amides is 1. The maximum Gasteiger partial charge on any atom is 0.311 e. The van der Waals surface area contributed by atoms with Crippen LogP contribution in [0.3, 0.4) is 0 Å². The van der Waals surface area contributed by atoms with Crippen LogP contribution in [0.4, 0.5) is 11.4 Å². The molecule has 0 aliphatic heterocycles. The zero-order valence-corrected chi connectivity index (χ0v) is 15.4. The predicted octanol–water partition coefficient (Wildman–Crippen LogP) is 1.90. The minimum absolute atomic E-state index is 0.0533. The number of nitro benzene ring substituents is 1. The Morgan fingerprint density at radius 3 is 2.50 bits per heavy atom. The zero-order valence-electron chi connectivity index (χ0n) is 14.6. The van der Waals surface area contributed by atoms with Gasteiger partial charge in [-0.3, -0.25) is 24.5 Å². The molecule has 3 N–H and O–H groups in total. The molecular weight excluding hydrogens is 386 g/mol. The van der Waals surface area contributed by atoms with Gasteiger partial charge in [-0.1, -0.05) is 30.3 Å². The Balaban J connectivity index is 1.90. The average molecular weight is 403 g/mol. The molecular formula is C18H17N3O6S. The number of ether oxygens (including phenoxy) is 1. The van der Waals surface area contributed by atoms with Gasteiger partial charge in [0.15, 0.2) is 6.61 Å². The SMILES string of the molecule is NC(=O)CSc1ccccc1NC(=O)COC(=O)Cc1ccccc1[N+](=O)[O-]. The molecule has 9 nitrogen and oxygen atoms in total. The van der Waals surface area contributed by atoms with E-state index in [-0.39, 0.29) is 23.4 Å². The lowest BCUT2D eigenvalue weighted by Gasteiger charge is -2.10. The van der Waals surface area contributed by atoms with Crippen LogP contribution in [-0.2, 0) is 25.5 Å². The van der Waals surface area contributed by atoms with Crippen molar-refractivity contribution in [3.8, 4) is 0 Å². The fraction of sp³-hybridized carbons (Fsp3) is 0.167. The summed E-state index contributed by atoms with van der Waals surface area (Å²) in [4.78, 5) is 45.9. The molecule has 2 aromatic rings. The van der Waals surface area contributed by atoms with Gasteiger partial charge in [0.05, 0.1) is 22.8 Å². The quantitative estimate of drug-likeness (QED) is 0.282. The van der Waals surface area contributed by atoms with Crippen molar-refractivity contribution in [2.75, 3.05) is 17.7 Å². The molecule has 0 aliphatic rings. The summed E-state index contributed by atoms with van der Waals surface area (Å²) in [5.41, 5.74) is 5.58. The van der Waals surface area contributed by atoms with Gasteiger partial charge in [0.1, 0.15) is 0 Å². The molecule has 28 heavy (non-hydrogen) atoms. The van der Waals surface area contributed by atoms with Crippen molar-refractivity contribution >= 4 is 40.9 Å². The first kappa shape index (κ1) is 20.9. The number of carbonyl (C=O) groups excluding carboxylic acids is 3. The number of hydrogen-bond donors (Lipinski definition) is 2. The van der Waals surface area contributed by atoms with Gasteiger partial charge in [-0.25, -0.2) is 0 Å². The number of para-hydroxylation sites is 2. The van der Waals surface area contributed by atoms with E-state index in [2.05, 4.69) is 5.32 Å². The number of benzene rings is 2. The maximum atomic E-state index is 12.0. The number of nitrogens with zero attached hydrogens (tertiary/aromatic N) is 1. The third kappa shape index (κ3) is 6.40. The number of rotatable bonds is 9. The summed E-state index contributed by atoms with van der Waals surface area (Å²) in [6, 6.07) is 12.6. The third-order valence-electron chi connectivity index (χ3n) is 3.42. The normalized spacial score (nSPS) is 10.1. The number of thioether (sulfide) groups is 1. The van der Waals surface area contributed by atoms with Gasteiger partial charge in [-0.2, -0.15) is 0 Å². The molecule has 0 bridgehead atoms. The van der Waals surface area contributed by atoms with Crippen LogP contribution in [0.15, 0.2) is 53.4 Å². The Labute approximate surface area is 164 Å². The van der Waals surface area contributed by atoms with Crippen LogP contribution in [0.1, 0.15) is 5.56 Å². The molecule has 0 unspecified atom stereocenters. The van der Waals surface area contributed by atoms with Gasteiger partial charge < -0.3 is 15.8 Å². The van der Waals surface area contributed by atoms with E-state index in [0.717, 1.165) is 0 Å². The minimum Gasteiger partial charge on any atom is -0.455 e. The molecule has 0 spiro atoms. The monoisotopic (exact) mass is 403 g/mol. The highest BCUT2D eigenvalue weighted by Crippen LogP contribution is 2.26. The molecule has 2 aromatic carbocycles. The van der Waals surface area contributed by atoms with E-state index in [0.29, 0.717) is 10.6 Å². The summed E-state index contributed by atoms with van der Waals surface area (Å²) in [7, 11) is 0. The van der Waals surface area contributed by atoms with E-state index >= 15 is 0 Å². The zero-order chi connectivity index (χ0) is 20.5. The highest BCUT2D eigenvalue weighted by Gasteiger charge is 2.17. The van der Waals surface area contributed by atoms with Crippen molar-refractivity contribution in [1.29, 1.82) is 0 Å². The second-order valence-corrected chi connectivity index (χ2v) is 6.54. The molecule has 0 aromatic heterocycles. The summed E-state index contributed by atoms with van der Waals surface area (Å²) < 4.78 is 4.90. The van der Waals surface area contributed by atoms with Gasteiger partial charge in [0.25, 0.3) is 11.6 Å². The molecule has 2 rings (SSSR count). The van der Waals surface area contributed by atoms with E-state index in [4.69, 9.17) is 10.5 Å². The average Bonchev–Trinajstić information content (AvgIpc) is 2.66. The minimum atomic E-state index is -0.763. The standard InChI is InChI=1S/C18H17N3O6S/c19-16(22)11-28-15-8-4-2-6-13(15)20-17(23)10-27-18(24)9-12-5-1-3-7-14(12)21(25)26/h1-8H,9-11H2,(H2,19,22)(H,20,23). The number of esters is 1. The van der Waals surface area contributed by atoms with Crippen LogP contribution in [0, 0.1) is 10.1 Å². The highest BCUT2D eigenvalue weighted by molar-refractivity contribution is 8.00. The Kier molecular flexibility index (Phi) is 7.52. The molecule has 0 radical (unpaired) electrons. The van der Waals surface area contributed by atoms with Crippen LogP contribution >= 0.6 is 11.8 Å². The van der Waals surface area contributed by atoms with Crippen molar-refractivity contribution in [3.63, 3.8) is 0 Å². The third-order valence-corrected chi connectivity index (χ3v) is 4.51. The maximum absolute atomic E-state index is 12.0. The fourth-order valence-electron chi connectivity index (χ4n) is 2.22. The van der Waals surface area contributed by atoms with Crippen molar-refractivity contribution in [2.45, 2.75) is 11.3 Å². The number of anilines is 1. The summed E-state index contributed by atoms with van der Waals surface area (Å²) in [6.45, 7) is -0.547. The number of nitro groups is 1. The summed E-state index contributed by atoms with van der Waals surface area (Å²) in [5, 5.41) is 13.5. The van der Waals surface area contributed by atoms with E-state index in [9.17, 15) is 24.5 Å². The van der Waals surface area contributed by atoms with Crippen molar-refractivity contribution < 1.29 is 24.0 Å². The van der Waals surface area contributed by atoms with Crippen molar-refractivity contribution in [2.24, 2.45) is 5.73 Å². The van der Waals surface area contributed by atoms with Crippen molar-refractivity contribution in [1.82, 2.24) is 0 Å². The number of nitrogens with two attached hydrogens (primary N) is 1. The summed E-state index contributed by atoms with van der Waals surface area (Å²) in [6.07, 6.45) is -0.324. The molecule has 0 aliphatic carbocycles. The lowest BCUT2D eigenvalue weighted by molar-refractivity contribution is -0.385. The molecule has 0 saturated carbocycles. The molecule has 0 fully saturated rings. The number of carbonyl (C=O) groups is 3. The predicted molar refractivity (Wildman–Crippen MR) is 103 cm³/mol. The molecule has 0 atom stereocenters. The smallest absolute Gasteiger partial charge is 0.311 e. The van der Waals surface area contributed by atoms with E-state index < -0.39 is 29.3 Å². The van der Waals surface area contributed by atoms with Crippen LogP contribution in [-0.4, -0.2) is 35.1 Å². The number of amides is 2. The molecule has 146 valence electrons. The van der Waals surface area contributed by atoms with E-state index in [1.165, 1.54) is 30.0 Å². The first-order valence-corrected chi connectivity index (χ1v) is 9.03. The Morgan fingerprint density at radius 1 is 1.11 bits per heavy atom. The first-order chi connectivity index (χ1) is 13.4. The van der Waals surface area contributed by atoms with Crippen LogP contribution in [0.5, 0.6) is 0 Å².